The molecule has 0 aromatic heterocycles. The Labute approximate surface area is 182 Å². The summed E-state index contributed by atoms with van der Waals surface area (Å²) >= 11 is 0. The minimum Gasteiger partial charge on any atom is -0.494 e. The first-order valence-electron chi connectivity index (χ1n) is 11.6. The van der Waals surface area contributed by atoms with Crippen molar-refractivity contribution in [3.05, 3.63) is 11.3 Å². The van der Waals surface area contributed by atoms with Crippen molar-refractivity contribution in [1.82, 2.24) is 0 Å². The first-order valence-corrected chi connectivity index (χ1v) is 11.6. The summed E-state index contributed by atoms with van der Waals surface area (Å²) in [6, 6.07) is 0. The number of hydrogen-bond acceptors (Lipinski definition) is 7. The van der Waals surface area contributed by atoms with Gasteiger partial charge in [-0.15, -0.1) is 0 Å². The Bertz CT molecular complexity index is 748. The average Bonchev–Trinajstić information content (AvgIpc) is 3.57. The van der Waals surface area contributed by atoms with Gasteiger partial charge < -0.3 is 33.5 Å². The highest BCUT2D eigenvalue weighted by Gasteiger charge is 2.67. The van der Waals surface area contributed by atoms with E-state index < -0.39 is 5.97 Å². The molecule has 3 saturated heterocycles. The molecular weight excluding hydrogens is 404 g/mol. The summed E-state index contributed by atoms with van der Waals surface area (Å²) in [7, 11) is 0. The number of aliphatic carboxylic acids is 1. The fourth-order valence-electron chi connectivity index (χ4n) is 6.80. The maximum atomic E-state index is 12.0. The molecule has 7 rings (SSSR count). The van der Waals surface area contributed by atoms with Crippen LogP contribution in [-0.4, -0.2) is 80.2 Å². The van der Waals surface area contributed by atoms with Crippen LogP contribution in [0, 0.1) is 11.3 Å². The zero-order valence-electron chi connectivity index (χ0n) is 18.1. The van der Waals surface area contributed by atoms with Gasteiger partial charge in [-0.3, -0.25) is 0 Å². The quantitative estimate of drug-likeness (QED) is 0.298. The van der Waals surface area contributed by atoms with Crippen molar-refractivity contribution in [2.45, 2.75) is 75.0 Å². The molecule has 4 saturated carbocycles. The highest BCUT2D eigenvalue weighted by atomic mass is 16.6. The number of epoxide rings is 3. The first kappa shape index (κ1) is 20.4. The average molecular weight is 437 g/mol. The van der Waals surface area contributed by atoms with Gasteiger partial charge in [-0.2, -0.15) is 0 Å². The summed E-state index contributed by atoms with van der Waals surface area (Å²) < 4.78 is 35.5. The number of rotatable bonds is 11. The van der Waals surface area contributed by atoms with Gasteiger partial charge in [0.2, 0.25) is 0 Å². The van der Waals surface area contributed by atoms with E-state index in [9.17, 15) is 9.90 Å². The summed E-state index contributed by atoms with van der Waals surface area (Å²) in [5, 5.41) is 9.87. The Morgan fingerprint density at radius 2 is 1.39 bits per heavy atom. The van der Waals surface area contributed by atoms with Crippen LogP contribution in [0.4, 0.5) is 0 Å². The standard InChI is InChI=1S/C23H32O8/c1-14(20(24)25)19(29-8-16-5-26-16)21-2-15-3-22(11-21,30-9-17-6-27-17)13-23(4-15,12-21)31-10-18-7-28-18/h15-18H,2-13H2,1H3,(H,24,25). The van der Waals surface area contributed by atoms with Crippen LogP contribution in [-0.2, 0) is 33.2 Å². The van der Waals surface area contributed by atoms with Gasteiger partial charge in [0.05, 0.1) is 49.8 Å². The fourth-order valence-corrected chi connectivity index (χ4v) is 6.80. The fraction of sp³-hybridized carbons (Fsp3) is 0.870. The summed E-state index contributed by atoms with van der Waals surface area (Å²) in [5.74, 6) is 0.116. The van der Waals surface area contributed by atoms with Crippen LogP contribution >= 0.6 is 0 Å². The van der Waals surface area contributed by atoms with E-state index >= 15 is 0 Å². The second-order valence-electron chi connectivity index (χ2n) is 10.7. The molecule has 31 heavy (non-hydrogen) atoms. The van der Waals surface area contributed by atoms with Crippen LogP contribution in [0.1, 0.15) is 45.4 Å². The van der Waals surface area contributed by atoms with Crippen LogP contribution in [0.3, 0.4) is 0 Å². The smallest absolute Gasteiger partial charge is 0.334 e. The predicted molar refractivity (Wildman–Crippen MR) is 106 cm³/mol. The maximum Gasteiger partial charge on any atom is 0.334 e. The molecule has 4 bridgehead atoms. The van der Waals surface area contributed by atoms with E-state index in [2.05, 4.69) is 0 Å². The van der Waals surface area contributed by atoms with Gasteiger partial charge in [0.1, 0.15) is 30.7 Å². The van der Waals surface area contributed by atoms with E-state index in [1.165, 1.54) is 0 Å². The van der Waals surface area contributed by atoms with E-state index in [4.69, 9.17) is 28.4 Å². The van der Waals surface area contributed by atoms with Crippen LogP contribution in [0.5, 0.6) is 0 Å². The lowest BCUT2D eigenvalue weighted by Crippen LogP contribution is -2.65. The Hall–Kier alpha value is -1.19. The Balaban J connectivity index is 1.34. The highest BCUT2D eigenvalue weighted by molar-refractivity contribution is 5.86. The van der Waals surface area contributed by atoms with Gasteiger partial charge >= 0.3 is 5.97 Å². The van der Waals surface area contributed by atoms with Gasteiger partial charge in [0.15, 0.2) is 0 Å². The molecule has 172 valence electrons. The van der Waals surface area contributed by atoms with E-state index in [0.717, 1.165) is 51.7 Å². The van der Waals surface area contributed by atoms with Crippen molar-refractivity contribution in [3.8, 4) is 0 Å². The van der Waals surface area contributed by atoms with Gasteiger partial charge in [0.25, 0.3) is 0 Å². The number of hydrogen-bond donors (Lipinski definition) is 1. The number of carbonyl (C=O) groups is 1. The number of carboxylic acid groups (broad SMARTS) is 1. The van der Waals surface area contributed by atoms with Crippen molar-refractivity contribution >= 4 is 5.97 Å². The Morgan fingerprint density at radius 1 is 0.871 bits per heavy atom. The third kappa shape index (κ3) is 4.02. The van der Waals surface area contributed by atoms with E-state index in [0.29, 0.717) is 43.7 Å². The summed E-state index contributed by atoms with van der Waals surface area (Å²) in [5.41, 5.74) is -0.728. The zero-order valence-corrected chi connectivity index (χ0v) is 18.1. The van der Waals surface area contributed by atoms with E-state index in [-0.39, 0.29) is 34.9 Å². The molecule has 0 aromatic carbocycles. The maximum absolute atomic E-state index is 12.0. The second kappa shape index (κ2) is 7.15. The molecule has 5 unspecified atom stereocenters. The van der Waals surface area contributed by atoms with Crippen molar-refractivity contribution in [2.75, 3.05) is 39.6 Å². The van der Waals surface area contributed by atoms with Gasteiger partial charge in [-0.05, 0) is 44.9 Å². The molecule has 0 radical (unpaired) electrons. The van der Waals surface area contributed by atoms with E-state index in [1.54, 1.807) is 6.92 Å². The van der Waals surface area contributed by atoms with Crippen molar-refractivity contribution in [2.24, 2.45) is 11.3 Å². The van der Waals surface area contributed by atoms with Crippen LogP contribution in [0.15, 0.2) is 11.3 Å². The molecule has 0 amide bonds. The molecule has 1 N–H and O–H groups in total. The molecule has 8 heteroatoms. The summed E-state index contributed by atoms with van der Waals surface area (Å²) in [6.45, 7) is 5.47. The summed E-state index contributed by atoms with van der Waals surface area (Å²) in [4.78, 5) is 12.0. The highest BCUT2D eigenvalue weighted by Crippen LogP contribution is 2.68. The first-order chi connectivity index (χ1) is 14.9. The van der Waals surface area contributed by atoms with Crippen molar-refractivity contribution in [3.63, 3.8) is 0 Å². The molecule has 7 fully saturated rings. The normalized spacial score (nSPS) is 47.1. The van der Waals surface area contributed by atoms with Gasteiger partial charge in [-0.1, -0.05) is 0 Å². The minimum absolute atomic E-state index is 0.0694. The molecule has 0 spiro atoms. The minimum atomic E-state index is -0.926. The third-order valence-electron chi connectivity index (χ3n) is 7.88. The zero-order chi connectivity index (χ0) is 21.3. The number of carboxylic acids is 1. The van der Waals surface area contributed by atoms with Crippen molar-refractivity contribution in [1.29, 1.82) is 0 Å². The summed E-state index contributed by atoms with van der Waals surface area (Å²) in [6.07, 6.45) is 5.78. The molecule has 5 atom stereocenters. The SMILES string of the molecule is CC(C(=O)O)=C(OCC1CO1)C12CC3CC(OCC4CO4)(CC(OCC4CO4)(C3)C1)C2. The lowest BCUT2D eigenvalue weighted by Gasteiger charge is -2.65. The Morgan fingerprint density at radius 3 is 1.87 bits per heavy atom. The van der Waals surface area contributed by atoms with Crippen LogP contribution < -0.4 is 0 Å². The van der Waals surface area contributed by atoms with Crippen LogP contribution in [0.2, 0.25) is 0 Å². The number of ether oxygens (including phenoxy) is 6. The van der Waals surface area contributed by atoms with Gasteiger partial charge in [0, 0.05) is 11.8 Å². The van der Waals surface area contributed by atoms with Crippen LogP contribution in [0.25, 0.3) is 0 Å². The lowest BCUT2D eigenvalue weighted by atomic mass is 9.45. The second-order valence-corrected chi connectivity index (χ2v) is 10.7. The van der Waals surface area contributed by atoms with Crippen molar-refractivity contribution < 1.29 is 38.3 Å². The molecule has 4 aliphatic carbocycles. The molecular formula is C23H32O8. The molecule has 8 nitrogen and oxygen atoms in total. The topological polar surface area (TPSA) is 103 Å². The van der Waals surface area contributed by atoms with E-state index in [1.807, 2.05) is 0 Å². The molecule has 3 aliphatic heterocycles. The Kier molecular flexibility index (Phi) is 4.71. The monoisotopic (exact) mass is 436 g/mol. The molecule has 3 heterocycles. The lowest BCUT2D eigenvalue weighted by molar-refractivity contribution is -0.262. The third-order valence-corrected chi connectivity index (χ3v) is 7.88. The predicted octanol–water partition coefficient (Wildman–Crippen LogP) is 2.05. The number of allylic oxidation sites excluding steroid dienone is 1. The molecule has 7 aliphatic rings. The van der Waals surface area contributed by atoms with Gasteiger partial charge in [-0.25, -0.2) is 4.79 Å². The largest absolute Gasteiger partial charge is 0.494 e. The molecule has 0 aromatic rings.